The number of benzene rings is 1. The van der Waals surface area contributed by atoms with Crippen molar-refractivity contribution in [2.45, 2.75) is 83.0 Å². The Bertz CT molecular complexity index is 1080. The highest BCUT2D eigenvalue weighted by atomic mass is 35.5. The van der Waals surface area contributed by atoms with E-state index in [0.29, 0.717) is 48.4 Å². The molecule has 1 saturated heterocycles. The molecule has 2 heterocycles. The average molecular weight is 519 g/mol. The van der Waals surface area contributed by atoms with Crippen molar-refractivity contribution in [3.05, 3.63) is 51.2 Å². The van der Waals surface area contributed by atoms with Crippen molar-refractivity contribution in [2.75, 3.05) is 26.2 Å². The van der Waals surface area contributed by atoms with E-state index in [2.05, 4.69) is 10.6 Å². The van der Waals surface area contributed by atoms with E-state index < -0.39 is 5.60 Å². The fourth-order valence-electron chi connectivity index (χ4n) is 5.22. The van der Waals surface area contributed by atoms with Crippen LogP contribution in [0.4, 0.5) is 0 Å². The first kappa shape index (κ1) is 26.9. The number of carbonyl (C=O) groups is 1. The lowest BCUT2D eigenvalue weighted by molar-refractivity contribution is 0.0246. The third-order valence-electron chi connectivity index (χ3n) is 7.43. The number of aliphatic hydroxyl groups is 1. The Hall–Kier alpha value is -2.13. The van der Waals surface area contributed by atoms with Crippen molar-refractivity contribution < 1.29 is 14.6 Å². The van der Waals surface area contributed by atoms with Gasteiger partial charge in [0.1, 0.15) is 0 Å². The third kappa shape index (κ3) is 6.79. The van der Waals surface area contributed by atoms with E-state index in [1.54, 1.807) is 33.5 Å². The van der Waals surface area contributed by atoms with Gasteiger partial charge in [-0.05, 0) is 70.3 Å². The maximum Gasteiger partial charge on any atom is 0.332 e. The highest BCUT2D eigenvalue weighted by Gasteiger charge is 2.29. The lowest BCUT2D eigenvalue weighted by Crippen LogP contribution is -2.42. The molecule has 0 unspecified atom stereocenters. The van der Waals surface area contributed by atoms with Crippen LogP contribution in [0.3, 0.4) is 0 Å². The van der Waals surface area contributed by atoms with E-state index in [1.807, 2.05) is 6.92 Å². The minimum atomic E-state index is -0.876. The van der Waals surface area contributed by atoms with Gasteiger partial charge < -0.3 is 20.5 Å². The van der Waals surface area contributed by atoms with Crippen LogP contribution in [0.1, 0.15) is 73.8 Å². The van der Waals surface area contributed by atoms with E-state index in [-0.39, 0.29) is 18.1 Å². The van der Waals surface area contributed by atoms with Gasteiger partial charge in [-0.1, -0.05) is 37.3 Å². The first-order valence-electron chi connectivity index (χ1n) is 13.3. The molecule has 3 N–H and O–H groups in total. The van der Waals surface area contributed by atoms with Crippen molar-refractivity contribution >= 4 is 17.5 Å². The third-order valence-corrected chi connectivity index (χ3v) is 7.76. The highest BCUT2D eigenvalue weighted by molar-refractivity contribution is 6.33. The molecular formula is C27H39ClN4O4. The molecule has 2 aliphatic rings. The predicted molar refractivity (Wildman–Crippen MR) is 141 cm³/mol. The van der Waals surface area contributed by atoms with Crippen LogP contribution in [0, 0.1) is 6.92 Å². The molecule has 198 valence electrons. The fraction of sp³-hybridized carbons (Fsp3) is 0.630. The molecule has 1 amide bonds. The van der Waals surface area contributed by atoms with E-state index in [4.69, 9.17) is 16.3 Å². The molecule has 0 bridgehead atoms. The number of nitrogens with one attached hydrogen (secondary N) is 2. The summed E-state index contributed by atoms with van der Waals surface area (Å²) in [5, 5.41) is 17.4. The molecule has 1 aliphatic carbocycles. The van der Waals surface area contributed by atoms with Crippen molar-refractivity contribution in [3.8, 4) is 5.69 Å². The summed E-state index contributed by atoms with van der Waals surface area (Å²) in [5.41, 5.74) is 0.683. The van der Waals surface area contributed by atoms with Crippen molar-refractivity contribution in [3.63, 3.8) is 0 Å². The van der Waals surface area contributed by atoms with Gasteiger partial charge >= 0.3 is 5.69 Å². The molecular weight excluding hydrogens is 480 g/mol. The largest absolute Gasteiger partial charge is 0.388 e. The minimum absolute atomic E-state index is 0.157. The van der Waals surface area contributed by atoms with Crippen LogP contribution in [0.15, 0.2) is 29.2 Å². The van der Waals surface area contributed by atoms with Crippen molar-refractivity contribution in [2.24, 2.45) is 0 Å². The number of halogens is 1. The van der Waals surface area contributed by atoms with Gasteiger partial charge in [0.25, 0.3) is 5.91 Å². The van der Waals surface area contributed by atoms with Crippen LogP contribution in [-0.4, -0.2) is 58.1 Å². The van der Waals surface area contributed by atoms with Gasteiger partial charge in [0.15, 0.2) is 0 Å². The van der Waals surface area contributed by atoms with Crippen LogP contribution in [0.25, 0.3) is 5.69 Å². The number of ether oxygens (including phenoxy) is 1. The van der Waals surface area contributed by atoms with Crippen LogP contribution < -0.4 is 16.3 Å². The topological polar surface area (TPSA) is 97.5 Å². The van der Waals surface area contributed by atoms with Crippen molar-refractivity contribution in [1.82, 2.24) is 19.8 Å². The Balaban J connectivity index is 1.40. The zero-order valence-corrected chi connectivity index (χ0v) is 22.0. The van der Waals surface area contributed by atoms with E-state index in [9.17, 15) is 14.7 Å². The monoisotopic (exact) mass is 518 g/mol. The van der Waals surface area contributed by atoms with Gasteiger partial charge in [0.2, 0.25) is 0 Å². The number of piperidine rings is 1. The normalized spacial score (nSPS) is 18.6. The smallest absolute Gasteiger partial charge is 0.332 e. The lowest BCUT2D eigenvalue weighted by Gasteiger charge is -2.26. The SMILES string of the molecule is Cc1cn(-c2ccc(Cl)c(C(=O)NCC3(O)CCCCCC3)c2)c(=O)n1CCCOC1CCNCC1. The van der Waals surface area contributed by atoms with E-state index >= 15 is 0 Å². The van der Waals surface area contributed by atoms with Crippen LogP contribution in [-0.2, 0) is 11.3 Å². The number of hydrogen-bond donors (Lipinski definition) is 3. The summed E-state index contributed by atoms with van der Waals surface area (Å²) < 4.78 is 9.26. The number of nitrogens with zero attached hydrogens (tertiary/aromatic N) is 2. The molecule has 2 aromatic rings. The number of rotatable bonds is 9. The van der Waals surface area contributed by atoms with E-state index in [0.717, 1.165) is 63.7 Å². The summed E-state index contributed by atoms with van der Waals surface area (Å²) in [6.07, 6.45) is 10.4. The second-order valence-corrected chi connectivity index (χ2v) is 10.6. The fourth-order valence-corrected chi connectivity index (χ4v) is 5.43. The standard InChI is InChI=1S/C27H39ClN4O4/c1-20-18-32(26(34)31(20)15-6-16-36-22-9-13-29-14-10-22)21-7-8-24(28)23(17-21)25(33)30-19-27(35)11-4-2-3-5-12-27/h7-8,17-18,22,29,35H,2-6,9-16,19H2,1H3,(H,30,33). The molecule has 1 aromatic heterocycles. The summed E-state index contributed by atoms with van der Waals surface area (Å²) in [6, 6.07) is 5.02. The first-order chi connectivity index (χ1) is 17.4. The van der Waals surface area contributed by atoms with Gasteiger partial charge in [0.05, 0.1) is 28.0 Å². The van der Waals surface area contributed by atoms with Gasteiger partial charge in [0, 0.05) is 31.6 Å². The zero-order valence-electron chi connectivity index (χ0n) is 21.2. The molecule has 0 atom stereocenters. The number of imidazole rings is 1. The molecule has 36 heavy (non-hydrogen) atoms. The van der Waals surface area contributed by atoms with Gasteiger partial charge in [-0.25, -0.2) is 4.79 Å². The Labute approximate surface area is 218 Å². The Morgan fingerprint density at radius 2 is 1.94 bits per heavy atom. The second kappa shape index (κ2) is 12.4. The molecule has 4 rings (SSSR count). The molecule has 0 spiro atoms. The number of aromatic nitrogens is 2. The first-order valence-corrected chi connectivity index (χ1v) is 13.7. The van der Waals surface area contributed by atoms with Crippen LogP contribution >= 0.6 is 11.6 Å². The highest BCUT2D eigenvalue weighted by Crippen LogP contribution is 2.27. The molecule has 1 saturated carbocycles. The minimum Gasteiger partial charge on any atom is -0.388 e. The lowest BCUT2D eigenvalue weighted by atomic mass is 9.94. The quantitative estimate of drug-likeness (QED) is 0.348. The van der Waals surface area contributed by atoms with Gasteiger partial charge in [-0.15, -0.1) is 0 Å². The van der Waals surface area contributed by atoms with Gasteiger partial charge in [-0.3, -0.25) is 13.9 Å². The van der Waals surface area contributed by atoms with E-state index in [1.165, 1.54) is 0 Å². The van der Waals surface area contributed by atoms with Crippen LogP contribution in [0.5, 0.6) is 0 Å². The number of amides is 1. The molecule has 0 radical (unpaired) electrons. The maximum absolute atomic E-state index is 13.2. The summed E-state index contributed by atoms with van der Waals surface area (Å²) in [7, 11) is 0. The number of aryl methyl sites for hydroxylation is 1. The summed E-state index contributed by atoms with van der Waals surface area (Å²) in [6.45, 7) is 5.29. The second-order valence-electron chi connectivity index (χ2n) is 10.2. The molecule has 8 nitrogen and oxygen atoms in total. The molecule has 1 aromatic carbocycles. The molecule has 2 fully saturated rings. The van der Waals surface area contributed by atoms with Crippen molar-refractivity contribution in [1.29, 1.82) is 0 Å². The number of hydrogen-bond acceptors (Lipinski definition) is 5. The predicted octanol–water partition coefficient (Wildman–Crippen LogP) is 3.57. The van der Waals surface area contributed by atoms with Crippen LogP contribution in [0.2, 0.25) is 5.02 Å². The maximum atomic E-state index is 13.2. The Kier molecular flexibility index (Phi) is 9.28. The Morgan fingerprint density at radius 3 is 2.67 bits per heavy atom. The molecule has 1 aliphatic heterocycles. The summed E-state index contributed by atoms with van der Waals surface area (Å²) in [4.78, 5) is 26.1. The zero-order chi connectivity index (χ0) is 25.5. The average Bonchev–Trinajstić information content (AvgIpc) is 3.02. The molecule has 9 heteroatoms. The Morgan fingerprint density at radius 1 is 1.22 bits per heavy atom. The summed E-state index contributed by atoms with van der Waals surface area (Å²) >= 11 is 6.35. The van der Waals surface area contributed by atoms with Gasteiger partial charge in [-0.2, -0.15) is 0 Å². The summed E-state index contributed by atoms with van der Waals surface area (Å²) in [5.74, 6) is -0.348. The number of carbonyl (C=O) groups excluding carboxylic acids is 1.